The molecule has 148 valence electrons. The van der Waals surface area contributed by atoms with Gasteiger partial charge in [0.15, 0.2) is 0 Å². The van der Waals surface area contributed by atoms with E-state index < -0.39 is 0 Å². The molecule has 2 aliphatic rings. The number of nitrogens with zero attached hydrogens (tertiary/aromatic N) is 2. The molecule has 2 aliphatic heterocycles. The third-order valence-electron chi connectivity index (χ3n) is 5.75. The third-order valence-corrected chi connectivity index (χ3v) is 5.75. The van der Waals surface area contributed by atoms with Gasteiger partial charge in [-0.25, -0.2) is 8.78 Å². The average molecular weight is 385 g/mol. The molecule has 1 saturated heterocycles. The minimum absolute atomic E-state index is 0.0199. The molecule has 0 aliphatic carbocycles. The number of rotatable bonds is 6. The second-order valence-corrected chi connectivity index (χ2v) is 7.57. The molecule has 1 N–H and O–H groups in total. The van der Waals surface area contributed by atoms with Crippen LogP contribution in [0.5, 0.6) is 0 Å². The Labute approximate surface area is 164 Å². The summed E-state index contributed by atoms with van der Waals surface area (Å²) in [5, 5.41) is 2.78. The van der Waals surface area contributed by atoms with Crippen molar-refractivity contribution < 1.29 is 13.6 Å². The molecule has 6 heteroatoms. The molecule has 4 nitrogen and oxygen atoms in total. The maximum absolute atomic E-state index is 13.3. The summed E-state index contributed by atoms with van der Waals surface area (Å²) in [4.78, 5) is 16.9. The predicted octanol–water partition coefficient (Wildman–Crippen LogP) is 3.99. The van der Waals surface area contributed by atoms with Gasteiger partial charge in [-0.15, -0.1) is 0 Å². The number of hydrogen-bond donors (Lipinski definition) is 1. The lowest BCUT2D eigenvalue weighted by molar-refractivity contribution is -0.117. The van der Waals surface area contributed by atoms with Crippen LogP contribution in [0.15, 0.2) is 42.5 Å². The minimum Gasteiger partial charge on any atom is -0.369 e. The van der Waals surface area contributed by atoms with Crippen LogP contribution >= 0.6 is 0 Å². The van der Waals surface area contributed by atoms with Gasteiger partial charge < -0.3 is 10.2 Å². The Kier molecular flexibility index (Phi) is 5.57. The largest absolute Gasteiger partial charge is 0.369 e. The van der Waals surface area contributed by atoms with Gasteiger partial charge >= 0.3 is 0 Å². The van der Waals surface area contributed by atoms with E-state index in [9.17, 15) is 13.6 Å². The topological polar surface area (TPSA) is 35.6 Å². The van der Waals surface area contributed by atoms with Crippen LogP contribution in [0.3, 0.4) is 0 Å². The van der Waals surface area contributed by atoms with E-state index in [-0.39, 0.29) is 23.5 Å². The van der Waals surface area contributed by atoms with Crippen LogP contribution in [0.2, 0.25) is 0 Å². The van der Waals surface area contributed by atoms with Gasteiger partial charge in [-0.2, -0.15) is 0 Å². The normalized spacial score (nSPS) is 19.6. The summed E-state index contributed by atoms with van der Waals surface area (Å²) < 4.78 is 26.4. The summed E-state index contributed by atoms with van der Waals surface area (Å²) in [5.41, 5.74) is 2.61. The van der Waals surface area contributed by atoms with Crippen LogP contribution in [0, 0.1) is 11.6 Å². The molecule has 1 atom stereocenters. The number of carbonyl (C=O) groups excluding carboxylic acids is 1. The van der Waals surface area contributed by atoms with Crippen molar-refractivity contribution in [3.8, 4) is 0 Å². The number of benzene rings is 2. The Balaban J connectivity index is 1.20. The molecule has 0 radical (unpaired) electrons. The molecular weight excluding hydrogens is 360 g/mol. The van der Waals surface area contributed by atoms with Gasteiger partial charge in [-0.05, 0) is 61.3 Å². The van der Waals surface area contributed by atoms with Crippen molar-refractivity contribution in [2.45, 2.75) is 25.2 Å². The van der Waals surface area contributed by atoms with E-state index in [1.807, 2.05) is 12.1 Å². The number of anilines is 2. The van der Waals surface area contributed by atoms with Gasteiger partial charge in [-0.1, -0.05) is 12.5 Å². The van der Waals surface area contributed by atoms with E-state index in [1.54, 1.807) is 6.07 Å². The second-order valence-electron chi connectivity index (χ2n) is 7.57. The van der Waals surface area contributed by atoms with Crippen molar-refractivity contribution >= 4 is 17.3 Å². The Morgan fingerprint density at radius 3 is 2.39 bits per heavy atom. The Bertz CT molecular complexity index is 832. The smallest absolute Gasteiger partial charge is 0.232 e. The van der Waals surface area contributed by atoms with Gasteiger partial charge in [0.1, 0.15) is 11.6 Å². The van der Waals surface area contributed by atoms with E-state index in [1.165, 1.54) is 24.3 Å². The highest BCUT2D eigenvalue weighted by Gasteiger charge is 2.30. The number of piperazine rings is 1. The summed E-state index contributed by atoms with van der Waals surface area (Å²) in [6.45, 7) is 4.87. The SMILES string of the molecule is O=C1Nc2cc(F)ccc2C1CCCCN1CCN(c2ccc(F)cc2)CC1. The molecule has 2 heterocycles. The zero-order chi connectivity index (χ0) is 19.5. The lowest BCUT2D eigenvalue weighted by atomic mass is 9.95. The molecule has 1 unspecified atom stereocenters. The molecule has 0 spiro atoms. The highest BCUT2D eigenvalue weighted by molar-refractivity contribution is 6.02. The van der Waals surface area contributed by atoms with Crippen LogP contribution < -0.4 is 10.2 Å². The van der Waals surface area contributed by atoms with Crippen LogP contribution in [0.4, 0.5) is 20.2 Å². The minimum atomic E-state index is -0.320. The van der Waals surface area contributed by atoms with E-state index >= 15 is 0 Å². The second kappa shape index (κ2) is 8.27. The highest BCUT2D eigenvalue weighted by Crippen LogP contribution is 2.36. The van der Waals surface area contributed by atoms with Gasteiger partial charge in [0.05, 0.1) is 5.92 Å². The lowest BCUT2D eigenvalue weighted by Crippen LogP contribution is -2.46. The monoisotopic (exact) mass is 385 g/mol. The van der Waals surface area contributed by atoms with Gasteiger partial charge in [0, 0.05) is 37.6 Å². The van der Waals surface area contributed by atoms with Crippen molar-refractivity contribution in [3.05, 3.63) is 59.7 Å². The molecule has 4 rings (SSSR count). The lowest BCUT2D eigenvalue weighted by Gasteiger charge is -2.36. The molecule has 0 bridgehead atoms. The molecule has 1 amide bonds. The van der Waals surface area contributed by atoms with Crippen molar-refractivity contribution in [2.75, 3.05) is 42.9 Å². The summed E-state index contributed by atoms with van der Waals surface area (Å²) in [6.07, 6.45) is 2.80. The highest BCUT2D eigenvalue weighted by atomic mass is 19.1. The van der Waals surface area contributed by atoms with Gasteiger partial charge in [0.25, 0.3) is 0 Å². The quantitative estimate of drug-likeness (QED) is 0.764. The molecule has 0 aromatic heterocycles. The first-order valence-electron chi connectivity index (χ1n) is 9.93. The molecule has 2 aromatic carbocycles. The zero-order valence-electron chi connectivity index (χ0n) is 15.8. The Hall–Kier alpha value is -2.47. The Morgan fingerprint density at radius 1 is 0.929 bits per heavy atom. The van der Waals surface area contributed by atoms with Crippen molar-refractivity contribution in [2.24, 2.45) is 0 Å². The number of hydrogen-bond acceptors (Lipinski definition) is 3. The maximum atomic E-state index is 13.3. The number of unbranched alkanes of at least 4 members (excludes halogenated alkanes) is 1. The van der Waals surface area contributed by atoms with Crippen molar-refractivity contribution in [1.29, 1.82) is 0 Å². The van der Waals surface area contributed by atoms with Crippen molar-refractivity contribution in [3.63, 3.8) is 0 Å². The van der Waals surface area contributed by atoms with Crippen LogP contribution in [0.25, 0.3) is 0 Å². The number of nitrogens with one attached hydrogen (secondary N) is 1. The third kappa shape index (κ3) is 4.17. The van der Waals surface area contributed by atoms with Crippen LogP contribution in [-0.4, -0.2) is 43.5 Å². The fourth-order valence-corrected chi connectivity index (χ4v) is 4.15. The van der Waals surface area contributed by atoms with E-state index in [2.05, 4.69) is 15.1 Å². The summed E-state index contributed by atoms with van der Waals surface area (Å²) in [5.74, 6) is -0.704. The van der Waals surface area contributed by atoms with Crippen LogP contribution in [0.1, 0.15) is 30.7 Å². The number of halogens is 2. The zero-order valence-corrected chi connectivity index (χ0v) is 15.8. The number of carbonyl (C=O) groups is 1. The fraction of sp³-hybridized carbons (Fsp3) is 0.409. The summed E-state index contributed by atoms with van der Waals surface area (Å²) in [6, 6.07) is 11.2. The van der Waals surface area contributed by atoms with Gasteiger partial charge in [-0.3, -0.25) is 9.69 Å². The summed E-state index contributed by atoms with van der Waals surface area (Å²) in [7, 11) is 0. The van der Waals surface area contributed by atoms with Gasteiger partial charge in [0.2, 0.25) is 5.91 Å². The number of fused-ring (bicyclic) bond motifs is 1. The molecule has 28 heavy (non-hydrogen) atoms. The first-order valence-corrected chi connectivity index (χ1v) is 9.93. The van der Waals surface area contributed by atoms with E-state index in [0.29, 0.717) is 5.69 Å². The molecular formula is C22H25F2N3O. The maximum Gasteiger partial charge on any atom is 0.232 e. The Morgan fingerprint density at radius 2 is 1.64 bits per heavy atom. The molecule has 1 fully saturated rings. The predicted molar refractivity (Wildman–Crippen MR) is 107 cm³/mol. The van der Waals surface area contributed by atoms with Crippen LogP contribution in [-0.2, 0) is 4.79 Å². The first kappa shape index (κ1) is 18.9. The summed E-state index contributed by atoms with van der Waals surface area (Å²) >= 11 is 0. The standard InChI is InChI=1S/C22H25F2N3O/c23-16-4-7-18(8-5-16)27-13-11-26(12-14-27)10-2-1-3-20-19-9-6-17(24)15-21(19)25-22(20)28/h4-9,15,20H,1-3,10-14H2,(H,25,28). The number of amides is 1. The van der Waals surface area contributed by atoms with E-state index in [4.69, 9.17) is 0 Å². The van der Waals surface area contributed by atoms with E-state index in [0.717, 1.165) is 63.2 Å². The first-order chi connectivity index (χ1) is 13.6. The molecule has 2 aromatic rings. The fourth-order valence-electron chi connectivity index (χ4n) is 4.15. The average Bonchev–Trinajstić information content (AvgIpc) is 3.00. The van der Waals surface area contributed by atoms with Crippen molar-refractivity contribution in [1.82, 2.24) is 4.90 Å². The molecule has 0 saturated carbocycles.